The third kappa shape index (κ3) is 6.32. The molecule has 1 aromatic heterocycles. The number of nitrogens with two attached hydrogens (primary N) is 2. The second-order valence-electron chi connectivity index (χ2n) is 8.67. The lowest BCUT2D eigenvalue weighted by molar-refractivity contribution is 0.497. The quantitative estimate of drug-likeness (QED) is 0.137. The molecule has 0 radical (unpaired) electrons. The number of hydrogen-bond acceptors (Lipinski definition) is 7. The van der Waals surface area contributed by atoms with E-state index in [-0.39, 0.29) is 17.2 Å². The van der Waals surface area contributed by atoms with Crippen molar-refractivity contribution in [3.63, 3.8) is 0 Å². The van der Waals surface area contributed by atoms with Crippen molar-refractivity contribution in [2.75, 3.05) is 18.0 Å². The van der Waals surface area contributed by atoms with Crippen LogP contribution in [0.2, 0.25) is 0 Å². The van der Waals surface area contributed by atoms with Crippen LogP contribution in [0, 0.1) is 28.8 Å². The number of pyridine rings is 1. The molecule has 1 aliphatic heterocycles. The molecule has 0 spiro atoms. The average molecular weight is 500 g/mol. The zero-order chi connectivity index (χ0) is 26.2. The third-order valence-electron chi connectivity index (χ3n) is 6.09. The molecule has 1 fully saturated rings. The van der Waals surface area contributed by atoms with Gasteiger partial charge in [0.15, 0.2) is 11.6 Å². The SMILES string of the molecule is C=C1CC(CCC(=N)/C=C\C)CN1c1cc(F)c(-c2ccc(CNC/C(=C/N)NN)nc2)c(F)c1F. The highest BCUT2D eigenvalue weighted by atomic mass is 19.2. The number of anilines is 1. The van der Waals surface area contributed by atoms with Crippen molar-refractivity contribution in [3.05, 3.63) is 83.9 Å². The molecule has 10 heteroatoms. The molecule has 2 heterocycles. The number of aromatic nitrogens is 1. The van der Waals surface area contributed by atoms with Crippen LogP contribution >= 0.6 is 0 Å². The molecule has 3 rings (SSSR count). The molecule has 36 heavy (non-hydrogen) atoms. The van der Waals surface area contributed by atoms with Gasteiger partial charge in [-0.25, -0.2) is 13.2 Å². The highest BCUT2D eigenvalue weighted by molar-refractivity contribution is 5.92. The van der Waals surface area contributed by atoms with Gasteiger partial charge < -0.3 is 26.8 Å². The molecule has 7 N–H and O–H groups in total. The van der Waals surface area contributed by atoms with Gasteiger partial charge in [-0.1, -0.05) is 18.7 Å². The summed E-state index contributed by atoms with van der Waals surface area (Å²) in [6, 6.07) is 4.11. The Balaban J connectivity index is 1.74. The first-order valence-electron chi connectivity index (χ1n) is 11.6. The Labute approximate surface area is 209 Å². The molecule has 1 aromatic carbocycles. The van der Waals surface area contributed by atoms with E-state index in [9.17, 15) is 0 Å². The summed E-state index contributed by atoms with van der Waals surface area (Å²) in [6.45, 7) is 6.96. The number of rotatable bonds is 11. The third-order valence-corrected chi connectivity index (χ3v) is 6.09. The molecule has 192 valence electrons. The minimum Gasteiger partial charge on any atom is -0.403 e. The van der Waals surface area contributed by atoms with Crippen LogP contribution in [0.1, 0.15) is 31.9 Å². The molecule has 1 aliphatic rings. The van der Waals surface area contributed by atoms with Gasteiger partial charge in [0.2, 0.25) is 0 Å². The lowest BCUT2D eigenvalue weighted by atomic mass is 10.00. The number of hydrazine groups is 1. The molecular formula is C26H32F3N7. The smallest absolute Gasteiger partial charge is 0.183 e. The minimum atomic E-state index is -1.27. The Morgan fingerprint density at radius 3 is 2.72 bits per heavy atom. The second-order valence-corrected chi connectivity index (χ2v) is 8.67. The number of allylic oxidation sites excluding steroid dienone is 3. The molecule has 0 bridgehead atoms. The lowest BCUT2D eigenvalue weighted by Crippen LogP contribution is -2.30. The highest BCUT2D eigenvalue weighted by Crippen LogP contribution is 2.38. The predicted octanol–water partition coefficient (Wildman–Crippen LogP) is 4.23. The Kier molecular flexibility index (Phi) is 9.26. The van der Waals surface area contributed by atoms with E-state index >= 15 is 13.2 Å². The fourth-order valence-corrected chi connectivity index (χ4v) is 4.21. The van der Waals surface area contributed by atoms with Crippen LogP contribution in [0.5, 0.6) is 0 Å². The average Bonchev–Trinajstić information content (AvgIpc) is 3.24. The summed E-state index contributed by atoms with van der Waals surface area (Å²) in [5.41, 5.74) is 9.66. The van der Waals surface area contributed by atoms with Gasteiger partial charge in [0.05, 0.1) is 22.6 Å². The highest BCUT2D eigenvalue weighted by Gasteiger charge is 2.31. The summed E-state index contributed by atoms with van der Waals surface area (Å²) in [7, 11) is 0. The molecule has 1 unspecified atom stereocenters. The van der Waals surface area contributed by atoms with Crippen LogP contribution in [0.15, 0.2) is 60.7 Å². The predicted molar refractivity (Wildman–Crippen MR) is 137 cm³/mol. The van der Waals surface area contributed by atoms with Crippen LogP contribution in [-0.4, -0.2) is 23.8 Å². The zero-order valence-electron chi connectivity index (χ0n) is 20.3. The molecule has 0 aliphatic carbocycles. The van der Waals surface area contributed by atoms with Crippen LogP contribution in [0.4, 0.5) is 18.9 Å². The summed E-state index contributed by atoms with van der Waals surface area (Å²) >= 11 is 0. The molecule has 1 atom stereocenters. The Morgan fingerprint density at radius 2 is 2.08 bits per heavy atom. The minimum absolute atomic E-state index is 0.121. The van der Waals surface area contributed by atoms with E-state index in [0.717, 1.165) is 6.07 Å². The molecule has 0 saturated carbocycles. The summed E-state index contributed by atoms with van der Waals surface area (Å²) in [5.74, 6) is 2.16. The maximum atomic E-state index is 15.2. The van der Waals surface area contributed by atoms with E-state index < -0.39 is 23.0 Å². The maximum Gasteiger partial charge on any atom is 0.183 e. The van der Waals surface area contributed by atoms with Crippen LogP contribution in [-0.2, 0) is 6.54 Å². The molecule has 1 saturated heterocycles. The van der Waals surface area contributed by atoms with E-state index in [1.165, 1.54) is 23.4 Å². The van der Waals surface area contributed by atoms with Crippen molar-refractivity contribution < 1.29 is 13.2 Å². The van der Waals surface area contributed by atoms with Crippen LogP contribution in [0.3, 0.4) is 0 Å². The van der Waals surface area contributed by atoms with Gasteiger partial charge in [-0.05, 0) is 44.2 Å². The molecule has 0 amide bonds. The number of hydrogen-bond donors (Lipinski definition) is 5. The van der Waals surface area contributed by atoms with Gasteiger partial charge in [0.25, 0.3) is 0 Å². The van der Waals surface area contributed by atoms with Gasteiger partial charge in [0, 0.05) is 55.1 Å². The monoisotopic (exact) mass is 499 g/mol. The van der Waals surface area contributed by atoms with Gasteiger partial charge >= 0.3 is 0 Å². The zero-order valence-corrected chi connectivity index (χ0v) is 20.3. The topological polar surface area (TPSA) is 116 Å². The van der Waals surface area contributed by atoms with Crippen molar-refractivity contribution in [1.29, 1.82) is 5.41 Å². The summed E-state index contributed by atoms with van der Waals surface area (Å²) in [5, 5.41) is 11.0. The second kappa shape index (κ2) is 12.4. The van der Waals surface area contributed by atoms with Gasteiger partial charge in [-0.2, -0.15) is 0 Å². The molecule has 2 aromatic rings. The van der Waals surface area contributed by atoms with Crippen molar-refractivity contribution >= 4 is 11.4 Å². The van der Waals surface area contributed by atoms with Crippen molar-refractivity contribution in [2.24, 2.45) is 17.5 Å². The van der Waals surface area contributed by atoms with Crippen molar-refractivity contribution in [2.45, 2.75) is 32.7 Å². The van der Waals surface area contributed by atoms with E-state index in [0.29, 0.717) is 61.7 Å². The number of benzene rings is 1. The van der Waals surface area contributed by atoms with Gasteiger partial charge in [-0.3, -0.25) is 10.8 Å². The fourth-order valence-electron chi connectivity index (χ4n) is 4.21. The molecular weight excluding hydrogens is 467 g/mol. The van der Waals surface area contributed by atoms with Crippen molar-refractivity contribution in [1.82, 2.24) is 15.7 Å². The summed E-state index contributed by atoms with van der Waals surface area (Å²) in [6.07, 6.45) is 8.05. The largest absolute Gasteiger partial charge is 0.403 e. The van der Waals surface area contributed by atoms with Gasteiger partial charge in [-0.15, -0.1) is 0 Å². The standard InChI is InChI=1S/C26H32F3N7/c1-3-4-19(31)7-5-17-9-16(2)36(15-17)23-10-22(27)24(26(29)25(23)28)18-6-8-20(34-12-18)13-33-14-21(11-30)35-32/h3-4,6,8,10-12,17,31,33,35H,2,5,7,9,13-15,30,32H2,1H3/b4-3-,21-11-,31-19?. The Hall–Kier alpha value is -3.63. The first-order valence-corrected chi connectivity index (χ1v) is 11.6. The molecule has 7 nitrogen and oxygen atoms in total. The van der Waals surface area contributed by atoms with E-state index in [1.807, 2.05) is 6.92 Å². The van der Waals surface area contributed by atoms with E-state index in [4.69, 9.17) is 17.0 Å². The van der Waals surface area contributed by atoms with Crippen LogP contribution < -0.4 is 27.2 Å². The number of nitrogens with zero attached hydrogens (tertiary/aromatic N) is 2. The maximum absolute atomic E-state index is 15.2. The van der Waals surface area contributed by atoms with Crippen molar-refractivity contribution in [3.8, 4) is 11.1 Å². The lowest BCUT2D eigenvalue weighted by Gasteiger charge is -2.22. The van der Waals surface area contributed by atoms with Crippen LogP contribution in [0.25, 0.3) is 11.1 Å². The Morgan fingerprint density at radius 1 is 1.31 bits per heavy atom. The Bertz CT molecular complexity index is 1160. The van der Waals surface area contributed by atoms with E-state index in [1.54, 1.807) is 18.2 Å². The first kappa shape index (κ1) is 27.0. The fraction of sp³-hybridized carbons (Fsp3) is 0.308. The summed E-state index contributed by atoms with van der Waals surface area (Å²) in [4.78, 5) is 5.75. The number of nitrogens with one attached hydrogen (secondary N) is 3. The summed E-state index contributed by atoms with van der Waals surface area (Å²) < 4.78 is 45.4. The normalized spacial score (nSPS) is 16.2. The number of halogens is 3. The first-order chi connectivity index (χ1) is 17.3. The van der Waals surface area contributed by atoms with Gasteiger partial charge in [0.1, 0.15) is 5.82 Å². The van der Waals surface area contributed by atoms with E-state index in [2.05, 4.69) is 22.3 Å².